The molecule has 1 heterocycles. The molecule has 1 aromatic carbocycles. The van der Waals surface area contributed by atoms with Gasteiger partial charge in [0.05, 0.1) is 6.61 Å². The Balaban J connectivity index is 1.80. The highest BCUT2D eigenvalue weighted by Crippen LogP contribution is 2.41. The van der Waals surface area contributed by atoms with Crippen molar-refractivity contribution in [3.05, 3.63) is 35.4 Å². The van der Waals surface area contributed by atoms with Crippen LogP contribution >= 0.6 is 0 Å². The molecule has 2 N–H and O–H groups in total. The molecule has 2 fully saturated rings. The number of ether oxygens (including phenoxy) is 1. The number of rotatable bonds is 5. The van der Waals surface area contributed by atoms with E-state index in [2.05, 4.69) is 29.2 Å². The van der Waals surface area contributed by atoms with E-state index in [1.54, 1.807) is 7.11 Å². The highest BCUT2D eigenvalue weighted by atomic mass is 16.5. The van der Waals surface area contributed by atoms with Gasteiger partial charge < -0.3 is 10.5 Å². The summed E-state index contributed by atoms with van der Waals surface area (Å²) in [4.78, 5) is 2.61. The van der Waals surface area contributed by atoms with Crippen molar-refractivity contribution >= 4 is 0 Å². The Bertz CT molecular complexity index is 436. The van der Waals surface area contributed by atoms with Crippen molar-refractivity contribution in [2.24, 2.45) is 17.6 Å². The number of nitrogens with two attached hydrogens (primary N) is 1. The van der Waals surface area contributed by atoms with Crippen molar-refractivity contribution in [3.8, 4) is 0 Å². The average Bonchev–Trinajstić information content (AvgIpc) is 3.03. The van der Waals surface area contributed by atoms with Gasteiger partial charge in [-0.2, -0.15) is 0 Å². The van der Waals surface area contributed by atoms with Gasteiger partial charge in [0.15, 0.2) is 0 Å². The minimum atomic E-state index is 0.354. The molecule has 0 aromatic heterocycles. The smallest absolute Gasteiger partial charge is 0.0716 e. The predicted octanol–water partition coefficient (Wildman–Crippen LogP) is 2.56. The number of hydrogen-bond acceptors (Lipinski definition) is 3. The quantitative estimate of drug-likeness (QED) is 0.897. The number of likely N-dealkylation sites (tertiary alicyclic amines) is 1. The number of methoxy groups -OCH3 is 1. The van der Waals surface area contributed by atoms with Crippen LogP contribution in [0.15, 0.2) is 24.3 Å². The first kappa shape index (κ1) is 14.1. The lowest BCUT2D eigenvalue weighted by Gasteiger charge is -2.29. The largest absolute Gasteiger partial charge is 0.380 e. The van der Waals surface area contributed by atoms with E-state index in [9.17, 15) is 0 Å². The molecule has 3 rings (SSSR count). The van der Waals surface area contributed by atoms with Gasteiger partial charge in [-0.15, -0.1) is 0 Å². The summed E-state index contributed by atoms with van der Waals surface area (Å²) in [5, 5.41) is 0. The number of benzene rings is 1. The first-order valence-corrected chi connectivity index (χ1v) is 7.84. The van der Waals surface area contributed by atoms with E-state index in [1.165, 1.54) is 43.5 Å². The zero-order valence-corrected chi connectivity index (χ0v) is 12.4. The van der Waals surface area contributed by atoms with E-state index in [0.29, 0.717) is 19.2 Å². The fourth-order valence-corrected chi connectivity index (χ4v) is 4.14. The third kappa shape index (κ3) is 2.62. The van der Waals surface area contributed by atoms with Crippen LogP contribution in [0.5, 0.6) is 0 Å². The standard InChI is InChI=1S/C17H26N2O/c1-20-12-15-5-2-3-8-16(15)17(9-18)19-10-13-6-4-7-14(13)11-19/h2-3,5,8,13-14,17H,4,6-7,9-12,18H2,1H3. The molecule has 0 amide bonds. The number of fused-ring (bicyclic) bond motifs is 1. The Kier molecular flexibility index (Phi) is 4.39. The van der Waals surface area contributed by atoms with Crippen molar-refractivity contribution in [1.29, 1.82) is 0 Å². The van der Waals surface area contributed by atoms with E-state index < -0.39 is 0 Å². The lowest BCUT2D eigenvalue weighted by atomic mass is 9.99. The van der Waals surface area contributed by atoms with Gasteiger partial charge >= 0.3 is 0 Å². The van der Waals surface area contributed by atoms with Crippen LogP contribution in [0.1, 0.15) is 36.4 Å². The predicted molar refractivity (Wildman–Crippen MR) is 81.4 cm³/mol. The number of nitrogens with zero attached hydrogens (tertiary/aromatic N) is 1. The third-order valence-electron chi connectivity index (χ3n) is 5.13. The highest BCUT2D eigenvalue weighted by Gasteiger charge is 2.38. The summed E-state index contributed by atoms with van der Waals surface area (Å²) in [5.74, 6) is 1.83. The number of hydrogen-bond donors (Lipinski definition) is 1. The van der Waals surface area contributed by atoms with Crippen LogP contribution in [0.4, 0.5) is 0 Å². The summed E-state index contributed by atoms with van der Waals surface area (Å²) >= 11 is 0. The Hall–Kier alpha value is -0.900. The maximum Gasteiger partial charge on any atom is 0.0716 e. The van der Waals surface area contributed by atoms with Crippen molar-refractivity contribution < 1.29 is 4.74 Å². The van der Waals surface area contributed by atoms with E-state index in [1.807, 2.05) is 0 Å². The van der Waals surface area contributed by atoms with Crippen LogP contribution in [-0.4, -0.2) is 31.6 Å². The molecule has 0 bridgehead atoms. The molecule has 20 heavy (non-hydrogen) atoms. The molecule has 1 saturated carbocycles. The van der Waals surface area contributed by atoms with E-state index in [-0.39, 0.29) is 0 Å². The van der Waals surface area contributed by atoms with Crippen molar-refractivity contribution in [3.63, 3.8) is 0 Å². The lowest BCUT2D eigenvalue weighted by Crippen LogP contribution is -2.33. The molecule has 1 aromatic rings. The summed E-state index contributed by atoms with van der Waals surface area (Å²) in [7, 11) is 1.76. The molecule has 3 atom stereocenters. The first-order valence-electron chi connectivity index (χ1n) is 7.84. The topological polar surface area (TPSA) is 38.5 Å². The highest BCUT2D eigenvalue weighted by molar-refractivity contribution is 5.30. The van der Waals surface area contributed by atoms with Crippen LogP contribution in [0.25, 0.3) is 0 Å². The third-order valence-corrected chi connectivity index (χ3v) is 5.13. The molecule has 110 valence electrons. The van der Waals surface area contributed by atoms with Crippen LogP contribution in [-0.2, 0) is 11.3 Å². The Labute approximate surface area is 122 Å². The fourth-order valence-electron chi connectivity index (χ4n) is 4.14. The van der Waals surface area contributed by atoms with Crippen molar-refractivity contribution in [2.75, 3.05) is 26.7 Å². The molecule has 2 aliphatic rings. The Morgan fingerprint density at radius 2 is 1.95 bits per heavy atom. The van der Waals surface area contributed by atoms with Gasteiger partial charge in [0.25, 0.3) is 0 Å². The van der Waals surface area contributed by atoms with Crippen molar-refractivity contribution in [1.82, 2.24) is 4.90 Å². The van der Waals surface area contributed by atoms with E-state index >= 15 is 0 Å². The Morgan fingerprint density at radius 3 is 2.60 bits per heavy atom. The molecule has 0 radical (unpaired) electrons. The summed E-state index contributed by atoms with van der Waals surface area (Å²) in [6, 6.07) is 8.95. The molecule has 3 heteroatoms. The minimum Gasteiger partial charge on any atom is -0.380 e. The van der Waals surface area contributed by atoms with Gasteiger partial charge in [-0.1, -0.05) is 30.7 Å². The SMILES string of the molecule is COCc1ccccc1C(CN)N1CC2CCCC2C1. The van der Waals surface area contributed by atoms with Crippen molar-refractivity contribution in [2.45, 2.75) is 31.9 Å². The van der Waals surface area contributed by atoms with Gasteiger partial charge in [0.1, 0.15) is 0 Å². The zero-order valence-electron chi connectivity index (χ0n) is 12.4. The molecule has 0 spiro atoms. The molecular weight excluding hydrogens is 248 g/mol. The monoisotopic (exact) mass is 274 g/mol. The molecule has 1 aliphatic carbocycles. The van der Waals surface area contributed by atoms with Gasteiger partial charge in [0, 0.05) is 32.8 Å². The fraction of sp³-hybridized carbons (Fsp3) is 0.647. The molecular formula is C17H26N2O. The second-order valence-corrected chi connectivity index (χ2v) is 6.29. The molecule has 3 unspecified atom stereocenters. The normalized spacial score (nSPS) is 27.7. The van der Waals surface area contributed by atoms with E-state index in [0.717, 1.165) is 11.8 Å². The van der Waals surface area contributed by atoms with Gasteiger partial charge in [-0.05, 0) is 35.8 Å². The summed E-state index contributed by atoms with van der Waals surface area (Å²) in [6.07, 6.45) is 4.26. The summed E-state index contributed by atoms with van der Waals surface area (Å²) < 4.78 is 5.34. The second-order valence-electron chi connectivity index (χ2n) is 6.29. The van der Waals surface area contributed by atoms with Crippen LogP contribution in [0.2, 0.25) is 0 Å². The van der Waals surface area contributed by atoms with Crippen LogP contribution in [0.3, 0.4) is 0 Å². The lowest BCUT2D eigenvalue weighted by molar-refractivity contribution is 0.179. The van der Waals surface area contributed by atoms with Gasteiger partial charge in [-0.3, -0.25) is 4.90 Å². The van der Waals surface area contributed by atoms with Crippen LogP contribution in [0, 0.1) is 11.8 Å². The molecule has 1 saturated heterocycles. The zero-order chi connectivity index (χ0) is 13.9. The van der Waals surface area contributed by atoms with E-state index in [4.69, 9.17) is 10.5 Å². The Morgan fingerprint density at radius 1 is 1.25 bits per heavy atom. The maximum atomic E-state index is 6.12. The first-order chi connectivity index (χ1) is 9.83. The van der Waals surface area contributed by atoms with Gasteiger partial charge in [0.2, 0.25) is 0 Å². The van der Waals surface area contributed by atoms with Crippen LogP contribution < -0.4 is 5.73 Å². The molecule has 3 nitrogen and oxygen atoms in total. The maximum absolute atomic E-state index is 6.12. The summed E-state index contributed by atoms with van der Waals surface area (Å²) in [6.45, 7) is 3.83. The molecule has 1 aliphatic heterocycles. The minimum absolute atomic E-state index is 0.354. The summed E-state index contributed by atoms with van der Waals surface area (Å²) in [5.41, 5.74) is 8.76. The second kappa shape index (κ2) is 6.25. The average molecular weight is 274 g/mol. The van der Waals surface area contributed by atoms with Gasteiger partial charge in [-0.25, -0.2) is 0 Å².